The Kier molecular flexibility index (Phi) is 5.60. The van der Waals surface area contributed by atoms with Crippen LogP contribution in [0.4, 0.5) is 0 Å². The van der Waals surface area contributed by atoms with Gasteiger partial charge in [-0.25, -0.2) is 0 Å². The second-order valence-electron chi connectivity index (χ2n) is 6.05. The van der Waals surface area contributed by atoms with Crippen LogP contribution in [0.5, 0.6) is 5.75 Å². The standard InChI is InChI=1S/C19H20BNO5/c1-25-16-9-5-8-15-14(12-26-19(15)16)11-17(20(23)24)21-18(22)10-13-6-3-2-4-7-13/h2-9,12,17,23-24H,10-11H2,1H3,(H,21,22)/t17-/m0/s1. The van der Waals surface area contributed by atoms with Gasteiger partial charge in [0.2, 0.25) is 5.91 Å². The smallest absolute Gasteiger partial charge is 0.475 e. The summed E-state index contributed by atoms with van der Waals surface area (Å²) in [6.45, 7) is 0. The van der Waals surface area contributed by atoms with Crippen molar-refractivity contribution in [3.05, 3.63) is 65.9 Å². The molecule has 7 heteroatoms. The van der Waals surface area contributed by atoms with Crippen LogP contribution in [0.2, 0.25) is 0 Å². The van der Waals surface area contributed by atoms with Crippen molar-refractivity contribution in [1.82, 2.24) is 5.32 Å². The Hall–Kier alpha value is -2.77. The third-order valence-electron chi connectivity index (χ3n) is 4.22. The summed E-state index contributed by atoms with van der Waals surface area (Å²) >= 11 is 0. The lowest BCUT2D eigenvalue weighted by Gasteiger charge is -2.17. The summed E-state index contributed by atoms with van der Waals surface area (Å²) in [6.07, 6.45) is 1.94. The van der Waals surface area contributed by atoms with Gasteiger partial charge in [0, 0.05) is 5.39 Å². The molecular formula is C19H20BNO5. The Morgan fingerprint density at radius 2 is 1.96 bits per heavy atom. The van der Waals surface area contributed by atoms with Crippen LogP contribution in [0.15, 0.2) is 59.2 Å². The van der Waals surface area contributed by atoms with E-state index in [9.17, 15) is 14.8 Å². The molecule has 134 valence electrons. The van der Waals surface area contributed by atoms with E-state index in [2.05, 4.69) is 5.32 Å². The lowest BCUT2D eigenvalue weighted by molar-refractivity contribution is -0.120. The topological polar surface area (TPSA) is 91.9 Å². The number of amides is 1. The first kappa shape index (κ1) is 18.0. The van der Waals surface area contributed by atoms with Crippen LogP contribution in [0.1, 0.15) is 11.1 Å². The highest BCUT2D eigenvalue weighted by Crippen LogP contribution is 2.30. The number of carbonyl (C=O) groups excluding carboxylic acids is 1. The van der Waals surface area contributed by atoms with Crippen LogP contribution >= 0.6 is 0 Å². The molecule has 0 saturated carbocycles. The molecule has 0 saturated heterocycles. The number of carbonyl (C=O) groups is 1. The number of furan rings is 1. The van der Waals surface area contributed by atoms with Gasteiger partial charge in [0.1, 0.15) is 0 Å². The molecule has 0 spiro atoms. The Labute approximate surface area is 151 Å². The van der Waals surface area contributed by atoms with Crippen molar-refractivity contribution in [2.45, 2.75) is 18.8 Å². The number of ether oxygens (including phenoxy) is 1. The van der Waals surface area contributed by atoms with E-state index in [-0.39, 0.29) is 18.7 Å². The van der Waals surface area contributed by atoms with Gasteiger partial charge in [0.05, 0.1) is 25.7 Å². The van der Waals surface area contributed by atoms with Crippen LogP contribution < -0.4 is 10.1 Å². The maximum atomic E-state index is 12.2. The van der Waals surface area contributed by atoms with E-state index < -0.39 is 13.1 Å². The summed E-state index contributed by atoms with van der Waals surface area (Å²) in [5.41, 5.74) is 2.21. The summed E-state index contributed by atoms with van der Waals surface area (Å²) in [5, 5.41) is 22.9. The average molecular weight is 353 g/mol. The second kappa shape index (κ2) is 8.08. The molecular weight excluding hydrogens is 333 g/mol. The third-order valence-corrected chi connectivity index (χ3v) is 4.22. The predicted octanol–water partition coefficient (Wildman–Crippen LogP) is 1.72. The molecule has 1 heterocycles. The molecule has 3 rings (SSSR count). The summed E-state index contributed by atoms with van der Waals surface area (Å²) in [5.74, 6) is -0.527. The highest BCUT2D eigenvalue weighted by atomic mass is 16.5. The van der Waals surface area contributed by atoms with Crippen molar-refractivity contribution in [3.8, 4) is 5.75 Å². The summed E-state index contributed by atoms with van der Waals surface area (Å²) in [4.78, 5) is 12.2. The first-order chi connectivity index (χ1) is 12.6. The molecule has 0 fully saturated rings. The SMILES string of the molecule is COc1cccc2c(C[C@H](NC(=O)Cc3ccccc3)B(O)O)coc12. The van der Waals surface area contributed by atoms with Crippen LogP contribution in [-0.4, -0.2) is 36.1 Å². The molecule has 1 aromatic heterocycles. The van der Waals surface area contributed by atoms with Crippen LogP contribution in [0.25, 0.3) is 11.0 Å². The fourth-order valence-corrected chi connectivity index (χ4v) is 2.91. The van der Waals surface area contributed by atoms with Gasteiger partial charge >= 0.3 is 7.12 Å². The zero-order chi connectivity index (χ0) is 18.5. The Bertz CT molecular complexity index is 878. The van der Waals surface area contributed by atoms with Crippen molar-refractivity contribution >= 4 is 24.0 Å². The van der Waals surface area contributed by atoms with Gasteiger partial charge in [-0.2, -0.15) is 0 Å². The van der Waals surface area contributed by atoms with Crippen molar-refractivity contribution in [1.29, 1.82) is 0 Å². The van der Waals surface area contributed by atoms with E-state index in [0.717, 1.165) is 16.5 Å². The van der Waals surface area contributed by atoms with Gasteiger partial charge in [0.25, 0.3) is 0 Å². The normalized spacial score (nSPS) is 12.0. The second-order valence-corrected chi connectivity index (χ2v) is 6.05. The fraction of sp³-hybridized carbons (Fsp3) is 0.211. The van der Waals surface area contributed by atoms with Crippen molar-refractivity contribution in [3.63, 3.8) is 0 Å². The minimum absolute atomic E-state index is 0.171. The maximum Gasteiger partial charge on any atom is 0.475 e. The summed E-state index contributed by atoms with van der Waals surface area (Å²) in [6, 6.07) is 14.8. The number of methoxy groups -OCH3 is 1. The molecule has 0 aliphatic rings. The molecule has 0 aliphatic carbocycles. The predicted molar refractivity (Wildman–Crippen MR) is 98.7 cm³/mol. The molecule has 1 atom stereocenters. The van der Waals surface area contributed by atoms with Crippen molar-refractivity contribution < 1.29 is 24.0 Å². The molecule has 2 aromatic carbocycles. The van der Waals surface area contributed by atoms with E-state index in [0.29, 0.717) is 11.3 Å². The Balaban J connectivity index is 1.74. The number of para-hydroxylation sites is 1. The van der Waals surface area contributed by atoms with Crippen LogP contribution in [-0.2, 0) is 17.6 Å². The molecule has 6 nitrogen and oxygen atoms in total. The lowest BCUT2D eigenvalue weighted by Crippen LogP contribution is -2.48. The van der Waals surface area contributed by atoms with Gasteiger partial charge in [0.15, 0.2) is 11.3 Å². The zero-order valence-electron chi connectivity index (χ0n) is 14.4. The number of fused-ring (bicyclic) bond motifs is 1. The number of benzene rings is 2. The molecule has 1 amide bonds. The number of hydrogen-bond donors (Lipinski definition) is 3. The average Bonchev–Trinajstić information content (AvgIpc) is 3.05. The van der Waals surface area contributed by atoms with Gasteiger partial charge < -0.3 is 24.5 Å². The minimum atomic E-state index is -1.69. The molecule has 0 aliphatic heterocycles. The first-order valence-electron chi connectivity index (χ1n) is 8.31. The van der Waals surface area contributed by atoms with E-state index in [1.54, 1.807) is 19.4 Å². The van der Waals surface area contributed by atoms with E-state index in [4.69, 9.17) is 9.15 Å². The quantitative estimate of drug-likeness (QED) is 0.563. The third kappa shape index (κ3) is 4.07. The van der Waals surface area contributed by atoms with Crippen LogP contribution in [0.3, 0.4) is 0 Å². The van der Waals surface area contributed by atoms with Crippen molar-refractivity contribution in [2.75, 3.05) is 7.11 Å². The fourth-order valence-electron chi connectivity index (χ4n) is 2.91. The monoisotopic (exact) mass is 353 g/mol. The maximum absolute atomic E-state index is 12.2. The Morgan fingerprint density at radius 3 is 2.65 bits per heavy atom. The zero-order valence-corrected chi connectivity index (χ0v) is 14.4. The highest BCUT2D eigenvalue weighted by Gasteiger charge is 2.27. The van der Waals surface area contributed by atoms with Crippen LogP contribution in [0, 0.1) is 0 Å². The summed E-state index contributed by atoms with van der Waals surface area (Å²) < 4.78 is 10.8. The van der Waals surface area contributed by atoms with Gasteiger partial charge in [-0.15, -0.1) is 0 Å². The van der Waals surface area contributed by atoms with E-state index in [1.807, 2.05) is 42.5 Å². The largest absolute Gasteiger partial charge is 0.493 e. The molecule has 0 radical (unpaired) electrons. The number of nitrogens with one attached hydrogen (secondary N) is 1. The first-order valence-corrected chi connectivity index (χ1v) is 8.31. The number of rotatable bonds is 7. The molecule has 26 heavy (non-hydrogen) atoms. The van der Waals surface area contributed by atoms with Gasteiger partial charge in [-0.3, -0.25) is 4.79 Å². The molecule has 0 unspecified atom stereocenters. The van der Waals surface area contributed by atoms with Crippen molar-refractivity contribution in [2.24, 2.45) is 0 Å². The molecule has 0 bridgehead atoms. The number of hydrogen-bond acceptors (Lipinski definition) is 5. The van der Waals surface area contributed by atoms with E-state index in [1.165, 1.54) is 0 Å². The van der Waals surface area contributed by atoms with Gasteiger partial charge in [-0.05, 0) is 23.6 Å². The Morgan fingerprint density at radius 1 is 1.19 bits per heavy atom. The van der Waals surface area contributed by atoms with E-state index >= 15 is 0 Å². The van der Waals surface area contributed by atoms with Gasteiger partial charge in [-0.1, -0.05) is 42.5 Å². The lowest BCUT2D eigenvalue weighted by atomic mass is 9.75. The highest BCUT2D eigenvalue weighted by molar-refractivity contribution is 6.43. The molecule has 3 aromatic rings. The summed E-state index contributed by atoms with van der Waals surface area (Å²) in [7, 11) is -0.133. The minimum Gasteiger partial charge on any atom is -0.493 e. The molecule has 3 N–H and O–H groups in total.